The van der Waals surface area contributed by atoms with E-state index in [4.69, 9.17) is 0 Å². The Morgan fingerprint density at radius 1 is 1.67 bits per heavy atom. The van der Waals surface area contributed by atoms with Gasteiger partial charge in [-0.25, -0.2) is 9.78 Å². The third kappa shape index (κ3) is 1.81. The number of pyridine rings is 1. The highest BCUT2D eigenvalue weighted by Gasteiger charge is 2.04. The predicted molar refractivity (Wildman–Crippen MR) is 44.6 cm³/mol. The zero-order valence-electron chi connectivity index (χ0n) is 6.91. The van der Waals surface area contributed by atoms with Gasteiger partial charge in [-0.3, -0.25) is 0 Å². The van der Waals surface area contributed by atoms with Crippen molar-refractivity contribution in [3.05, 3.63) is 36.5 Å². The minimum absolute atomic E-state index is 0.328. The second-order valence-corrected chi connectivity index (χ2v) is 2.29. The van der Waals surface area contributed by atoms with Gasteiger partial charge in [0.15, 0.2) is 0 Å². The molecule has 0 saturated heterocycles. The summed E-state index contributed by atoms with van der Waals surface area (Å²) in [6, 6.07) is 3.44. The maximum Gasteiger partial charge on any atom is 0.356 e. The van der Waals surface area contributed by atoms with Crippen LogP contribution in [0.5, 0.6) is 0 Å². The van der Waals surface area contributed by atoms with Crippen LogP contribution in [-0.4, -0.2) is 18.1 Å². The van der Waals surface area contributed by atoms with Crippen molar-refractivity contribution in [2.24, 2.45) is 0 Å². The molecule has 0 atom stereocenters. The molecule has 1 aromatic heterocycles. The molecule has 0 N–H and O–H groups in total. The van der Waals surface area contributed by atoms with Crippen LogP contribution in [0.2, 0.25) is 0 Å². The molecular weight excluding hydrogens is 154 g/mol. The predicted octanol–water partition coefficient (Wildman–Crippen LogP) is 1.24. The fraction of sp³-hybridized carbons (Fsp3) is 0.222. The Morgan fingerprint density at radius 3 is 2.83 bits per heavy atom. The Morgan fingerprint density at radius 2 is 2.42 bits per heavy atom. The lowest BCUT2D eigenvalue weighted by atomic mass is 10.2. The fourth-order valence-corrected chi connectivity index (χ4v) is 0.798. The van der Waals surface area contributed by atoms with Crippen molar-refractivity contribution < 1.29 is 9.53 Å². The molecule has 0 aliphatic rings. The second-order valence-electron chi connectivity index (χ2n) is 2.29. The van der Waals surface area contributed by atoms with Gasteiger partial charge in [-0.05, 0) is 25.0 Å². The summed E-state index contributed by atoms with van der Waals surface area (Å²) in [6.07, 6.45) is 2.30. The number of hydrogen-bond donors (Lipinski definition) is 0. The van der Waals surface area contributed by atoms with Crippen molar-refractivity contribution in [2.45, 2.75) is 6.42 Å². The van der Waals surface area contributed by atoms with Crippen LogP contribution in [0.1, 0.15) is 16.1 Å². The Labute approximate surface area is 71.4 Å². The fourth-order valence-electron chi connectivity index (χ4n) is 0.798. The third-order valence-corrected chi connectivity index (χ3v) is 1.51. The SMILES string of the molecule is [CH2]Cc1ccc(C(=O)OC)nc1. The van der Waals surface area contributed by atoms with Crippen LogP contribution in [0.3, 0.4) is 0 Å². The molecule has 3 nitrogen and oxygen atoms in total. The summed E-state index contributed by atoms with van der Waals surface area (Å²) in [5.41, 5.74) is 1.33. The Hall–Kier alpha value is -1.38. The Balaban J connectivity index is 2.84. The first-order chi connectivity index (χ1) is 5.77. The average molecular weight is 164 g/mol. The van der Waals surface area contributed by atoms with E-state index in [9.17, 15) is 4.79 Å². The largest absolute Gasteiger partial charge is 0.464 e. The minimum atomic E-state index is -0.411. The molecule has 12 heavy (non-hydrogen) atoms. The van der Waals surface area contributed by atoms with Crippen molar-refractivity contribution in [3.8, 4) is 0 Å². The summed E-state index contributed by atoms with van der Waals surface area (Å²) >= 11 is 0. The van der Waals surface area contributed by atoms with E-state index in [1.54, 1.807) is 12.3 Å². The second kappa shape index (κ2) is 3.85. The summed E-state index contributed by atoms with van der Waals surface area (Å²) in [6.45, 7) is 3.69. The first kappa shape index (κ1) is 8.71. The highest BCUT2D eigenvalue weighted by Crippen LogP contribution is 2.01. The molecule has 3 heteroatoms. The number of carbonyl (C=O) groups excluding carboxylic acids is 1. The molecule has 1 heterocycles. The van der Waals surface area contributed by atoms with Crippen LogP contribution >= 0.6 is 0 Å². The number of methoxy groups -OCH3 is 1. The van der Waals surface area contributed by atoms with E-state index >= 15 is 0 Å². The highest BCUT2D eigenvalue weighted by atomic mass is 16.5. The first-order valence-electron chi connectivity index (χ1n) is 3.60. The lowest BCUT2D eigenvalue weighted by molar-refractivity contribution is 0.0594. The normalized spacial score (nSPS) is 9.50. The molecule has 1 radical (unpaired) electrons. The molecule has 0 bridgehead atoms. The van der Waals surface area contributed by atoms with E-state index in [1.807, 2.05) is 6.07 Å². The molecule has 0 spiro atoms. The number of ether oxygens (including phenoxy) is 1. The Bertz CT molecular complexity index is 266. The van der Waals surface area contributed by atoms with Gasteiger partial charge in [0.2, 0.25) is 0 Å². The van der Waals surface area contributed by atoms with Crippen LogP contribution in [0.15, 0.2) is 18.3 Å². The van der Waals surface area contributed by atoms with Crippen LogP contribution in [0, 0.1) is 6.92 Å². The molecule has 1 aromatic rings. The van der Waals surface area contributed by atoms with Crippen molar-refractivity contribution >= 4 is 5.97 Å². The molecule has 0 amide bonds. The summed E-state index contributed by atoms with van der Waals surface area (Å²) in [5.74, 6) is -0.411. The lowest BCUT2D eigenvalue weighted by Gasteiger charge is -1.98. The average Bonchev–Trinajstić information content (AvgIpc) is 2.17. The number of rotatable bonds is 2. The monoisotopic (exact) mass is 164 g/mol. The highest BCUT2D eigenvalue weighted by molar-refractivity contribution is 5.86. The maximum absolute atomic E-state index is 10.9. The summed E-state index contributed by atoms with van der Waals surface area (Å²) < 4.78 is 4.49. The van der Waals surface area contributed by atoms with Gasteiger partial charge in [0.05, 0.1) is 7.11 Å². The van der Waals surface area contributed by atoms with Crippen LogP contribution < -0.4 is 0 Å². The van der Waals surface area contributed by atoms with Crippen molar-refractivity contribution in [1.29, 1.82) is 0 Å². The van der Waals surface area contributed by atoms with Gasteiger partial charge < -0.3 is 4.74 Å². The quantitative estimate of drug-likeness (QED) is 0.617. The van der Waals surface area contributed by atoms with E-state index in [1.165, 1.54) is 7.11 Å². The van der Waals surface area contributed by atoms with Gasteiger partial charge in [0.25, 0.3) is 0 Å². The Kier molecular flexibility index (Phi) is 2.80. The molecule has 0 aliphatic carbocycles. The van der Waals surface area contributed by atoms with E-state index in [0.717, 1.165) is 5.56 Å². The molecule has 1 rings (SSSR count). The number of aromatic nitrogens is 1. The molecule has 63 valence electrons. The van der Waals surface area contributed by atoms with Crippen molar-refractivity contribution in [1.82, 2.24) is 4.98 Å². The molecule has 0 unspecified atom stereocenters. The van der Waals surface area contributed by atoms with E-state index in [-0.39, 0.29) is 0 Å². The van der Waals surface area contributed by atoms with Crippen LogP contribution in [0.4, 0.5) is 0 Å². The molecular formula is C9H10NO2. The van der Waals surface area contributed by atoms with Crippen molar-refractivity contribution in [3.63, 3.8) is 0 Å². The zero-order chi connectivity index (χ0) is 8.97. The lowest BCUT2D eigenvalue weighted by Crippen LogP contribution is -2.03. The third-order valence-electron chi connectivity index (χ3n) is 1.51. The first-order valence-corrected chi connectivity index (χ1v) is 3.60. The molecule has 0 saturated carbocycles. The molecule has 0 aromatic carbocycles. The van der Waals surface area contributed by atoms with Crippen LogP contribution in [0.25, 0.3) is 0 Å². The number of esters is 1. The van der Waals surface area contributed by atoms with Gasteiger partial charge >= 0.3 is 5.97 Å². The van der Waals surface area contributed by atoms with Gasteiger partial charge in [0.1, 0.15) is 5.69 Å². The topological polar surface area (TPSA) is 39.2 Å². The van der Waals surface area contributed by atoms with Gasteiger partial charge in [-0.15, -0.1) is 0 Å². The van der Waals surface area contributed by atoms with Crippen molar-refractivity contribution in [2.75, 3.05) is 7.11 Å². The number of nitrogens with zero attached hydrogens (tertiary/aromatic N) is 1. The number of hydrogen-bond acceptors (Lipinski definition) is 3. The molecule has 0 fully saturated rings. The maximum atomic E-state index is 10.9. The summed E-state index contributed by atoms with van der Waals surface area (Å²) in [5, 5.41) is 0. The number of carbonyl (C=O) groups is 1. The smallest absolute Gasteiger partial charge is 0.356 e. The zero-order valence-corrected chi connectivity index (χ0v) is 6.91. The van der Waals surface area contributed by atoms with Gasteiger partial charge in [-0.2, -0.15) is 0 Å². The van der Waals surface area contributed by atoms with Crippen LogP contribution in [-0.2, 0) is 11.2 Å². The van der Waals surface area contributed by atoms with Gasteiger partial charge in [-0.1, -0.05) is 6.07 Å². The summed E-state index contributed by atoms with van der Waals surface area (Å²) in [7, 11) is 1.33. The molecule has 0 aliphatic heterocycles. The van der Waals surface area contributed by atoms with E-state index in [0.29, 0.717) is 12.1 Å². The minimum Gasteiger partial charge on any atom is -0.464 e. The standard InChI is InChI=1S/C9H10NO2/c1-3-7-4-5-8(10-6-7)9(11)12-2/h4-6H,1,3H2,2H3. The van der Waals surface area contributed by atoms with E-state index < -0.39 is 5.97 Å². The summed E-state index contributed by atoms with van der Waals surface area (Å²) in [4.78, 5) is 14.8. The van der Waals surface area contributed by atoms with Gasteiger partial charge in [0, 0.05) is 6.20 Å². The van der Waals surface area contributed by atoms with E-state index in [2.05, 4.69) is 16.6 Å².